The minimum absolute atomic E-state index is 0.00308. The molecule has 3 heterocycles. The Hall–Kier alpha value is -3.17. The van der Waals surface area contributed by atoms with Gasteiger partial charge in [-0.1, -0.05) is 31.9 Å². The number of aliphatic hydroxyl groups excluding tert-OH is 1. The third-order valence-corrected chi connectivity index (χ3v) is 9.31. The van der Waals surface area contributed by atoms with Crippen LogP contribution in [0.4, 0.5) is 5.69 Å². The first kappa shape index (κ1) is 32.7. The number of benzene rings is 1. The van der Waals surface area contributed by atoms with E-state index in [0.717, 1.165) is 19.3 Å². The minimum Gasteiger partial charge on any atom is -0.494 e. The Morgan fingerprint density at radius 3 is 2.42 bits per heavy atom. The number of hydrogen-bond donors (Lipinski definition) is 1. The van der Waals surface area contributed by atoms with E-state index in [9.17, 15) is 19.5 Å². The molecule has 0 saturated carbocycles. The summed E-state index contributed by atoms with van der Waals surface area (Å²) in [5.74, 6) is -1.40. The Labute approximate surface area is 256 Å². The van der Waals surface area contributed by atoms with Gasteiger partial charge in [0, 0.05) is 38.5 Å². The molecular weight excluding hydrogens is 546 g/mol. The number of carbonyl (C=O) groups excluding carboxylic acids is 3. The van der Waals surface area contributed by atoms with Crippen LogP contribution in [0.1, 0.15) is 65.7 Å². The van der Waals surface area contributed by atoms with Gasteiger partial charge in [0.25, 0.3) is 0 Å². The zero-order chi connectivity index (χ0) is 31.2. The van der Waals surface area contributed by atoms with Gasteiger partial charge < -0.3 is 29.3 Å². The first-order valence-electron chi connectivity index (χ1n) is 15.9. The van der Waals surface area contributed by atoms with Crippen molar-refractivity contribution in [1.29, 1.82) is 0 Å². The lowest BCUT2D eigenvalue weighted by Gasteiger charge is -2.37. The third kappa shape index (κ3) is 6.11. The molecule has 4 rings (SSSR count). The van der Waals surface area contributed by atoms with Crippen LogP contribution in [0.2, 0.25) is 0 Å². The highest BCUT2D eigenvalue weighted by atomic mass is 16.5. The molecule has 9 heteroatoms. The Morgan fingerprint density at radius 2 is 1.79 bits per heavy atom. The predicted molar refractivity (Wildman–Crippen MR) is 167 cm³/mol. The molecule has 2 bridgehead atoms. The maximum Gasteiger partial charge on any atom is 0.248 e. The van der Waals surface area contributed by atoms with Crippen molar-refractivity contribution in [3.05, 3.63) is 49.6 Å². The summed E-state index contributed by atoms with van der Waals surface area (Å²) < 4.78 is 12.4. The van der Waals surface area contributed by atoms with Crippen molar-refractivity contribution < 1.29 is 29.0 Å². The normalized spacial score (nSPS) is 27.2. The van der Waals surface area contributed by atoms with E-state index in [1.165, 1.54) is 0 Å². The summed E-state index contributed by atoms with van der Waals surface area (Å²) in [6, 6.07) is 6.50. The molecule has 0 aromatic heterocycles. The molecule has 1 aromatic rings. The molecule has 3 aliphatic heterocycles. The molecule has 3 amide bonds. The summed E-state index contributed by atoms with van der Waals surface area (Å²) in [5.41, 5.74) is -1.30. The second kappa shape index (κ2) is 14.1. The Bertz CT molecular complexity index is 1170. The highest BCUT2D eigenvalue weighted by Gasteiger charge is 2.78. The van der Waals surface area contributed by atoms with Crippen LogP contribution in [0.5, 0.6) is 5.75 Å². The molecule has 2 unspecified atom stereocenters. The molecule has 1 spiro atoms. The fourth-order valence-electron chi connectivity index (χ4n) is 7.40. The quantitative estimate of drug-likeness (QED) is 0.212. The summed E-state index contributed by atoms with van der Waals surface area (Å²) >= 11 is 0. The van der Waals surface area contributed by atoms with E-state index in [1.807, 2.05) is 38.1 Å². The molecule has 43 heavy (non-hydrogen) atoms. The van der Waals surface area contributed by atoms with E-state index in [2.05, 4.69) is 20.1 Å². The van der Waals surface area contributed by atoms with Crippen LogP contribution in [-0.4, -0.2) is 89.3 Å². The highest BCUT2D eigenvalue weighted by molar-refractivity contribution is 6.03. The smallest absolute Gasteiger partial charge is 0.248 e. The number of anilines is 1. The monoisotopic (exact) mass is 595 g/mol. The van der Waals surface area contributed by atoms with Crippen LogP contribution in [0.25, 0.3) is 0 Å². The molecule has 3 aliphatic rings. The molecule has 0 aliphatic carbocycles. The lowest BCUT2D eigenvalue weighted by atomic mass is 9.66. The van der Waals surface area contributed by atoms with E-state index in [0.29, 0.717) is 63.4 Å². The number of carbonyl (C=O) groups is 3. The molecular formula is C34H49N3O6. The van der Waals surface area contributed by atoms with Crippen LogP contribution < -0.4 is 9.64 Å². The van der Waals surface area contributed by atoms with Crippen LogP contribution in [0, 0.1) is 11.8 Å². The average molecular weight is 596 g/mol. The van der Waals surface area contributed by atoms with E-state index in [4.69, 9.17) is 9.47 Å². The number of ether oxygens (including phenoxy) is 2. The fraction of sp³-hybridized carbons (Fsp3) is 0.618. The second-order valence-corrected chi connectivity index (χ2v) is 12.1. The largest absolute Gasteiger partial charge is 0.494 e. The molecule has 5 atom stereocenters. The van der Waals surface area contributed by atoms with Gasteiger partial charge in [0.15, 0.2) is 0 Å². The lowest BCUT2D eigenvalue weighted by Crippen LogP contribution is -2.56. The van der Waals surface area contributed by atoms with Crippen molar-refractivity contribution in [2.45, 2.75) is 83.0 Å². The number of likely N-dealkylation sites (tertiary alicyclic amines) is 1. The van der Waals surface area contributed by atoms with Crippen molar-refractivity contribution >= 4 is 23.4 Å². The average Bonchev–Trinajstić information content (AvgIpc) is 3.56. The molecule has 9 nitrogen and oxygen atoms in total. The second-order valence-electron chi connectivity index (χ2n) is 12.1. The third-order valence-electron chi connectivity index (χ3n) is 9.31. The van der Waals surface area contributed by atoms with Crippen LogP contribution in [0.3, 0.4) is 0 Å². The van der Waals surface area contributed by atoms with Gasteiger partial charge in [-0.3, -0.25) is 14.4 Å². The van der Waals surface area contributed by atoms with Gasteiger partial charge in [0.2, 0.25) is 17.7 Å². The van der Waals surface area contributed by atoms with Gasteiger partial charge >= 0.3 is 0 Å². The number of rotatable bonds is 17. The summed E-state index contributed by atoms with van der Waals surface area (Å²) in [7, 11) is 0. The van der Waals surface area contributed by atoms with Gasteiger partial charge in [-0.05, 0) is 70.2 Å². The highest BCUT2D eigenvalue weighted by Crippen LogP contribution is 2.63. The van der Waals surface area contributed by atoms with Crippen molar-refractivity contribution in [3.8, 4) is 5.75 Å². The van der Waals surface area contributed by atoms with E-state index in [1.54, 1.807) is 26.9 Å². The topological polar surface area (TPSA) is 99.6 Å². The maximum atomic E-state index is 14.5. The van der Waals surface area contributed by atoms with Gasteiger partial charge in [-0.2, -0.15) is 0 Å². The SMILES string of the molecule is C=CCN(CCCCC)C(=O)C1N(CCCCO)C(=O)[C@@H]2[C@@H](C(=O)N(CC=C)c3ccc(OCC)cc3)[C@@]3(C)CCC12O3. The molecule has 3 fully saturated rings. The summed E-state index contributed by atoms with van der Waals surface area (Å²) in [6.45, 7) is 15.8. The number of aliphatic hydroxyl groups is 1. The Kier molecular flexibility index (Phi) is 10.7. The van der Waals surface area contributed by atoms with Gasteiger partial charge in [-0.25, -0.2) is 0 Å². The number of unbranched alkanes of at least 4 members (excludes halogenated alkanes) is 3. The summed E-state index contributed by atoms with van der Waals surface area (Å²) in [6.07, 6.45) is 8.44. The number of fused-ring (bicyclic) bond motifs is 1. The van der Waals surface area contributed by atoms with Crippen LogP contribution in [0.15, 0.2) is 49.6 Å². The van der Waals surface area contributed by atoms with E-state index >= 15 is 0 Å². The Balaban J connectivity index is 1.72. The first-order chi connectivity index (χ1) is 20.7. The fourth-order valence-corrected chi connectivity index (χ4v) is 7.40. The zero-order valence-corrected chi connectivity index (χ0v) is 26.1. The Morgan fingerprint density at radius 1 is 1.07 bits per heavy atom. The lowest BCUT2D eigenvalue weighted by molar-refractivity contribution is -0.151. The van der Waals surface area contributed by atoms with Gasteiger partial charge in [0.05, 0.1) is 24.0 Å². The number of nitrogens with zero attached hydrogens (tertiary/aromatic N) is 3. The number of hydrogen-bond acceptors (Lipinski definition) is 6. The van der Waals surface area contributed by atoms with E-state index < -0.39 is 29.1 Å². The van der Waals surface area contributed by atoms with Crippen molar-refractivity contribution in [1.82, 2.24) is 9.80 Å². The van der Waals surface area contributed by atoms with Crippen molar-refractivity contribution in [2.24, 2.45) is 11.8 Å². The molecule has 1 N–H and O–H groups in total. The molecule has 0 radical (unpaired) electrons. The van der Waals surface area contributed by atoms with Crippen molar-refractivity contribution in [2.75, 3.05) is 44.3 Å². The first-order valence-corrected chi connectivity index (χ1v) is 15.9. The standard InChI is InChI=1S/C34H49N3O6/c1-6-10-11-22-35(20-7-2)32(41)29-34-19-18-33(5,43-34)27(28(34)31(40)37(29)23-12-13-24-38)30(39)36(21-8-3)25-14-16-26(17-15-25)42-9-4/h7-8,14-17,27-29,38H,2-3,6,9-13,18-24H2,1,4-5H3/t27-,28-,29?,33+,34?/m0/s1. The van der Waals surface area contributed by atoms with Gasteiger partial charge in [-0.15, -0.1) is 13.2 Å². The molecule has 236 valence electrons. The predicted octanol–water partition coefficient (Wildman–Crippen LogP) is 4.35. The summed E-state index contributed by atoms with van der Waals surface area (Å²) in [5, 5.41) is 9.46. The maximum absolute atomic E-state index is 14.5. The van der Waals surface area contributed by atoms with Crippen molar-refractivity contribution in [3.63, 3.8) is 0 Å². The zero-order valence-electron chi connectivity index (χ0n) is 26.1. The van der Waals surface area contributed by atoms with Gasteiger partial charge in [0.1, 0.15) is 17.4 Å². The molecule has 3 saturated heterocycles. The summed E-state index contributed by atoms with van der Waals surface area (Å²) in [4.78, 5) is 48.4. The minimum atomic E-state index is -1.09. The number of amides is 3. The van der Waals surface area contributed by atoms with Crippen LogP contribution >= 0.6 is 0 Å². The van der Waals surface area contributed by atoms with E-state index in [-0.39, 0.29) is 30.9 Å². The van der Waals surface area contributed by atoms with Crippen LogP contribution in [-0.2, 0) is 19.1 Å². The molecule has 1 aromatic carbocycles.